The van der Waals surface area contributed by atoms with Crippen LogP contribution in [0.15, 0.2) is 16.8 Å². The molecule has 46 valence electrons. The van der Waals surface area contributed by atoms with E-state index in [0.29, 0.717) is 0 Å². The molecule has 0 bridgehead atoms. The van der Waals surface area contributed by atoms with Crippen LogP contribution in [0.2, 0.25) is 0 Å². The van der Waals surface area contributed by atoms with E-state index in [-0.39, 0.29) is 0 Å². The van der Waals surface area contributed by atoms with Crippen molar-refractivity contribution in [2.24, 2.45) is 4.99 Å². The van der Waals surface area contributed by atoms with Gasteiger partial charge >= 0.3 is 0 Å². The van der Waals surface area contributed by atoms with Crippen molar-refractivity contribution >= 4 is 6.21 Å². The maximum Gasteiger partial charge on any atom is 0.0252 e. The van der Waals surface area contributed by atoms with Crippen molar-refractivity contribution in [2.45, 2.75) is 27.2 Å². The lowest BCUT2D eigenvalue weighted by Crippen LogP contribution is -1.67. The SMILES string of the molecule is CC=N/C=C(\C)CC. The lowest BCUT2D eigenvalue weighted by Gasteiger charge is -1.86. The van der Waals surface area contributed by atoms with Gasteiger partial charge in [-0.1, -0.05) is 12.5 Å². The fraction of sp³-hybridized carbons (Fsp3) is 0.571. The van der Waals surface area contributed by atoms with Gasteiger partial charge in [0, 0.05) is 12.4 Å². The summed E-state index contributed by atoms with van der Waals surface area (Å²) in [5.41, 5.74) is 1.32. The zero-order chi connectivity index (χ0) is 6.41. The first-order valence-electron chi connectivity index (χ1n) is 2.94. The number of aliphatic imine (C=N–C) groups is 1. The summed E-state index contributed by atoms with van der Waals surface area (Å²) in [6.45, 7) is 6.11. The Morgan fingerprint density at radius 2 is 2.25 bits per heavy atom. The van der Waals surface area contributed by atoms with Crippen molar-refractivity contribution in [2.75, 3.05) is 0 Å². The Morgan fingerprint density at radius 1 is 1.62 bits per heavy atom. The lowest BCUT2D eigenvalue weighted by molar-refractivity contribution is 1.09. The van der Waals surface area contributed by atoms with Gasteiger partial charge < -0.3 is 0 Å². The Bertz CT molecular complexity index is 101. The second-order valence-corrected chi connectivity index (χ2v) is 1.74. The monoisotopic (exact) mass is 111 g/mol. The van der Waals surface area contributed by atoms with Crippen LogP contribution >= 0.6 is 0 Å². The molecule has 0 fully saturated rings. The van der Waals surface area contributed by atoms with Crippen molar-refractivity contribution in [1.82, 2.24) is 0 Å². The first-order chi connectivity index (χ1) is 3.81. The molecule has 0 saturated heterocycles. The normalized spacial score (nSPS) is 13.1. The van der Waals surface area contributed by atoms with Crippen molar-refractivity contribution in [1.29, 1.82) is 0 Å². The predicted molar refractivity (Wildman–Crippen MR) is 38.2 cm³/mol. The van der Waals surface area contributed by atoms with Crippen LogP contribution in [0, 0.1) is 0 Å². The molecule has 0 aliphatic carbocycles. The summed E-state index contributed by atoms with van der Waals surface area (Å²) >= 11 is 0. The molecule has 1 heteroatoms. The van der Waals surface area contributed by atoms with Gasteiger partial charge in [-0.3, -0.25) is 4.99 Å². The van der Waals surface area contributed by atoms with E-state index >= 15 is 0 Å². The van der Waals surface area contributed by atoms with Gasteiger partial charge in [0.15, 0.2) is 0 Å². The fourth-order valence-electron chi connectivity index (χ4n) is 0.293. The first kappa shape index (κ1) is 7.41. The number of hydrogen-bond donors (Lipinski definition) is 0. The Labute approximate surface area is 51.1 Å². The van der Waals surface area contributed by atoms with Crippen LogP contribution in [0.1, 0.15) is 27.2 Å². The molecule has 0 aromatic heterocycles. The zero-order valence-corrected chi connectivity index (χ0v) is 5.81. The molecule has 1 nitrogen and oxygen atoms in total. The van der Waals surface area contributed by atoms with Crippen molar-refractivity contribution in [3.05, 3.63) is 11.8 Å². The summed E-state index contributed by atoms with van der Waals surface area (Å²) in [6.07, 6.45) is 4.77. The van der Waals surface area contributed by atoms with Gasteiger partial charge in [-0.05, 0) is 20.3 Å². The summed E-state index contributed by atoms with van der Waals surface area (Å²) in [5.74, 6) is 0. The molecule has 0 atom stereocenters. The third-order valence-electron chi connectivity index (χ3n) is 1.00. The average molecular weight is 111 g/mol. The van der Waals surface area contributed by atoms with E-state index in [2.05, 4.69) is 18.8 Å². The van der Waals surface area contributed by atoms with Crippen LogP contribution in [0.5, 0.6) is 0 Å². The second-order valence-electron chi connectivity index (χ2n) is 1.74. The lowest BCUT2D eigenvalue weighted by atomic mass is 10.3. The summed E-state index contributed by atoms with van der Waals surface area (Å²) in [7, 11) is 0. The van der Waals surface area contributed by atoms with Crippen LogP contribution in [-0.4, -0.2) is 6.21 Å². The van der Waals surface area contributed by atoms with E-state index in [1.54, 1.807) is 6.21 Å². The number of rotatable bonds is 2. The van der Waals surface area contributed by atoms with Crippen LogP contribution in [0.3, 0.4) is 0 Å². The molecule has 8 heavy (non-hydrogen) atoms. The molecule has 0 aliphatic rings. The van der Waals surface area contributed by atoms with Crippen LogP contribution in [-0.2, 0) is 0 Å². The van der Waals surface area contributed by atoms with E-state index < -0.39 is 0 Å². The summed E-state index contributed by atoms with van der Waals surface area (Å²) in [4.78, 5) is 3.96. The third kappa shape index (κ3) is 3.59. The van der Waals surface area contributed by atoms with E-state index in [1.807, 2.05) is 13.1 Å². The quantitative estimate of drug-likeness (QED) is 0.485. The molecular weight excluding hydrogens is 98.1 g/mol. The van der Waals surface area contributed by atoms with E-state index in [4.69, 9.17) is 0 Å². The average Bonchev–Trinajstić information content (AvgIpc) is 1.83. The molecule has 0 unspecified atom stereocenters. The highest BCUT2D eigenvalue weighted by atomic mass is 14.7. The van der Waals surface area contributed by atoms with Crippen LogP contribution in [0.25, 0.3) is 0 Å². The molecule has 0 spiro atoms. The largest absolute Gasteiger partial charge is 0.269 e. The van der Waals surface area contributed by atoms with Gasteiger partial charge in [-0.25, -0.2) is 0 Å². The summed E-state index contributed by atoms with van der Waals surface area (Å²) in [6, 6.07) is 0. The fourth-order valence-corrected chi connectivity index (χ4v) is 0.293. The number of allylic oxidation sites excluding steroid dienone is 1. The third-order valence-corrected chi connectivity index (χ3v) is 1.00. The molecule has 0 aliphatic heterocycles. The maximum absolute atomic E-state index is 3.96. The number of hydrogen-bond acceptors (Lipinski definition) is 1. The highest BCUT2D eigenvalue weighted by Gasteiger charge is 1.76. The Kier molecular flexibility index (Phi) is 4.23. The molecule has 0 aromatic carbocycles. The second kappa shape index (κ2) is 4.57. The van der Waals surface area contributed by atoms with Crippen molar-refractivity contribution in [3.63, 3.8) is 0 Å². The standard InChI is InChI=1S/C7H13N/c1-4-7(3)6-8-5-2/h5-6H,4H2,1-3H3/b7-6+,8-5?. The smallest absolute Gasteiger partial charge is 0.0252 e. The van der Waals surface area contributed by atoms with Gasteiger partial charge in [-0.2, -0.15) is 0 Å². The van der Waals surface area contributed by atoms with Gasteiger partial charge in [0.25, 0.3) is 0 Å². The summed E-state index contributed by atoms with van der Waals surface area (Å²) in [5, 5.41) is 0. The van der Waals surface area contributed by atoms with E-state index in [9.17, 15) is 0 Å². The zero-order valence-electron chi connectivity index (χ0n) is 5.81. The molecule has 0 aromatic rings. The molecule has 0 rings (SSSR count). The molecular formula is C7H13N. The molecule has 0 N–H and O–H groups in total. The van der Waals surface area contributed by atoms with Gasteiger partial charge in [-0.15, -0.1) is 0 Å². The minimum atomic E-state index is 1.09. The topological polar surface area (TPSA) is 12.4 Å². The molecule has 0 amide bonds. The Morgan fingerprint density at radius 3 is 2.62 bits per heavy atom. The minimum absolute atomic E-state index is 1.09. The maximum atomic E-state index is 3.96. The highest BCUT2D eigenvalue weighted by molar-refractivity contribution is 5.54. The number of nitrogens with zero attached hydrogens (tertiary/aromatic N) is 1. The van der Waals surface area contributed by atoms with Crippen LogP contribution in [0.4, 0.5) is 0 Å². The molecule has 0 saturated carbocycles. The van der Waals surface area contributed by atoms with Gasteiger partial charge in [0.1, 0.15) is 0 Å². The Balaban J connectivity index is 3.57. The van der Waals surface area contributed by atoms with Gasteiger partial charge in [0.05, 0.1) is 0 Å². The van der Waals surface area contributed by atoms with Crippen molar-refractivity contribution < 1.29 is 0 Å². The predicted octanol–water partition coefficient (Wildman–Crippen LogP) is 2.39. The summed E-state index contributed by atoms with van der Waals surface area (Å²) < 4.78 is 0. The van der Waals surface area contributed by atoms with E-state index in [0.717, 1.165) is 6.42 Å². The van der Waals surface area contributed by atoms with Gasteiger partial charge in [0.2, 0.25) is 0 Å². The highest BCUT2D eigenvalue weighted by Crippen LogP contribution is 1.96. The van der Waals surface area contributed by atoms with E-state index in [1.165, 1.54) is 5.57 Å². The minimum Gasteiger partial charge on any atom is -0.269 e. The molecule has 0 radical (unpaired) electrons. The van der Waals surface area contributed by atoms with Crippen LogP contribution < -0.4 is 0 Å². The van der Waals surface area contributed by atoms with Crippen molar-refractivity contribution in [3.8, 4) is 0 Å². The Hall–Kier alpha value is -0.590. The first-order valence-corrected chi connectivity index (χ1v) is 2.94. The molecule has 0 heterocycles.